The molecular weight excluding hydrogens is 395 g/mol. The number of nitrogens with zero attached hydrogens (tertiary/aromatic N) is 2. The minimum Gasteiger partial charge on any atom is -0.354 e. The Balaban J connectivity index is 1.89. The largest absolute Gasteiger partial charge is 0.354 e. The Hall–Kier alpha value is -3.19. The SMILES string of the molecule is CNC(=O)c1nc(C(C)N(C)C(=O)Nc2ccc(F)c(Cl)c2)cc2ccccc12. The molecule has 3 amide bonds. The quantitative estimate of drug-likeness (QED) is 0.654. The molecule has 0 aliphatic heterocycles. The van der Waals surface area contributed by atoms with Gasteiger partial charge in [-0.15, -0.1) is 0 Å². The van der Waals surface area contributed by atoms with Crippen LogP contribution in [-0.2, 0) is 0 Å². The highest BCUT2D eigenvalue weighted by molar-refractivity contribution is 6.31. The second-order valence-electron chi connectivity index (χ2n) is 6.54. The molecule has 2 N–H and O–H groups in total. The molecule has 0 radical (unpaired) electrons. The van der Waals surface area contributed by atoms with Crippen molar-refractivity contribution in [1.29, 1.82) is 0 Å². The highest BCUT2D eigenvalue weighted by Gasteiger charge is 2.22. The summed E-state index contributed by atoms with van der Waals surface area (Å²) in [5.41, 5.74) is 1.24. The molecule has 1 heterocycles. The molecular formula is C21H20ClFN4O2. The molecule has 0 bridgehead atoms. The van der Waals surface area contributed by atoms with Crippen molar-refractivity contribution in [2.24, 2.45) is 0 Å². The van der Waals surface area contributed by atoms with Gasteiger partial charge in [0.1, 0.15) is 11.5 Å². The van der Waals surface area contributed by atoms with Crippen molar-refractivity contribution in [2.45, 2.75) is 13.0 Å². The van der Waals surface area contributed by atoms with Crippen LogP contribution in [0.5, 0.6) is 0 Å². The van der Waals surface area contributed by atoms with Gasteiger partial charge in [-0.3, -0.25) is 4.79 Å². The molecule has 0 aliphatic rings. The fourth-order valence-electron chi connectivity index (χ4n) is 2.88. The van der Waals surface area contributed by atoms with Crippen LogP contribution in [0.15, 0.2) is 48.5 Å². The van der Waals surface area contributed by atoms with E-state index in [1.165, 1.54) is 23.1 Å². The van der Waals surface area contributed by atoms with E-state index >= 15 is 0 Å². The van der Waals surface area contributed by atoms with Gasteiger partial charge in [-0.2, -0.15) is 0 Å². The maximum Gasteiger partial charge on any atom is 0.322 e. The topological polar surface area (TPSA) is 74.3 Å². The first-order valence-corrected chi connectivity index (χ1v) is 9.30. The number of amides is 3. The van der Waals surface area contributed by atoms with Crippen LogP contribution in [0.25, 0.3) is 10.8 Å². The number of benzene rings is 2. The number of halogens is 2. The molecule has 1 atom stereocenters. The van der Waals surface area contributed by atoms with Crippen molar-refractivity contribution in [3.8, 4) is 0 Å². The van der Waals surface area contributed by atoms with Crippen molar-refractivity contribution >= 4 is 40.0 Å². The lowest BCUT2D eigenvalue weighted by molar-refractivity contribution is 0.0959. The summed E-state index contributed by atoms with van der Waals surface area (Å²) < 4.78 is 13.3. The summed E-state index contributed by atoms with van der Waals surface area (Å²) in [4.78, 5) is 30.9. The summed E-state index contributed by atoms with van der Waals surface area (Å²) in [6.07, 6.45) is 0. The second kappa shape index (κ2) is 8.45. The molecule has 3 aromatic rings. The third-order valence-electron chi connectivity index (χ3n) is 4.70. The smallest absolute Gasteiger partial charge is 0.322 e. The number of nitrogens with one attached hydrogen (secondary N) is 2. The van der Waals surface area contributed by atoms with E-state index < -0.39 is 17.9 Å². The highest BCUT2D eigenvalue weighted by atomic mass is 35.5. The first kappa shape index (κ1) is 20.5. The molecule has 1 aromatic heterocycles. The summed E-state index contributed by atoms with van der Waals surface area (Å²) in [5, 5.41) is 6.77. The number of carbonyl (C=O) groups is 2. The maximum atomic E-state index is 13.3. The minimum absolute atomic E-state index is 0.0788. The van der Waals surface area contributed by atoms with Crippen LogP contribution in [-0.4, -0.2) is 35.9 Å². The van der Waals surface area contributed by atoms with E-state index in [9.17, 15) is 14.0 Å². The maximum absolute atomic E-state index is 13.3. The van der Waals surface area contributed by atoms with Crippen molar-refractivity contribution in [3.63, 3.8) is 0 Å². The summed E-state index contributed by atoms with van der Waals surface area (Å²) >= 11 is 5.76. The molecule has 0 aliphatic carbocycles. The lowest BCUT2D eigenvalue weighted by Crippen LogP contribution is -2.34. The van der Waals surface area contributed by atoms with E-state index in [4.69, 9.17) is 11.6 Å². The Morgan fingerprint density at radius 3 is 2.59 bits per heavy atom. The Morgan fingerprint density at radius 1 is 1.17 bits per heavy atom. The molecule has 6 nitrogen and oxygen atoms in total. The van der Waals surface area contributed by atoms with Gasteiger partial charge in [-0.05, 0) is 36.6 Å². The standard InChI is InChI=1S/C21H20ClFN4O2/c1-12(27(3)21(29)25-14-8-9-17(23)16(22)11-14)18-10-13-6-4-5-7-15(13)19(26-18)20(28)24-2/h4-12H,1-3H3,(H,24,28)(H,25,29). The van der Waals surface area contributed by atoms with E-state index in [-0.39, 0.29) is 10.9 Å². The fraction of sp³-hybridized carbons (Fsp3) is 0.190. The number of aromatic nitrogens is 1. The molecule has 29 heavy (non-hydrogen) atoms. The van der Waals surface area contributed by atoms with E-state index in [1.807, 2.05) is 37.3 Å². The van der Waals surface area contributed by atoms with E-state index in [0.29, 0.717) is 17.1 Å². The van der Waals surface area contributed by atoms with Crippen molar-refractivity contribution in [1.82, 2.24) is 15.2 Å². The van der Waals surface area contributed by atoms with E-state index in [2.05, 4.69) is 15.6 Å². The van der Waals surface area contributed by atoms with E-state index in [1.54, 1.807) is 14.1 Å². The number of hydrogen-bond acceptors (Lipinski definition) is 3. The lowest BCUT2D eigenvalue weighted by Gasteiger charge is -2.25. The Labute approximate surface area is 172 Å². The summed E-state index contributed by atoms with van der Waals surface area (Å²) in [6.45, 7) is 1.81. The molecule has 3 rings (SSSR count). The number of urea groups is 1. The van der Waals surface area contributed by atoms with Gasteiger partial charge in [0.05, 0.1) is 16.8 Å². The Bertz CT molecular complexity index is 1090. The monoisotopic (exact) mass is 414 g/mol. The van der Waals surface area contributed by atoms with Crippen LogP contribution in [0.3, 0.4) is 0 Å². The Kier molecular flexibility index (Phi) is 5.98. The fourth-order valence-corrected chi connectivity index (χ4v) is 3.07. The molecule has 150 valence electrons. The molecule has 8 heteroatoms. The first-order chi connectivity index (χ1) is 13.8. The van der Waals surface area contributed by atoms with Crippen LogP contribution in [0.4, 0.5) is 14.9 Å². The lowest BCUT2D eigenvalue weighted by atomic mass is 10.1. The second-order valence-corrected chi connectivity index (χ2v) is 6.95. The Morgan fingerprint density at radius 2 is 1.90 bits per heavy atom. The van der Waals surface area contributed by atoms with Gasteiger partial charge < -0.3 is 15.5 Å². The third-order valence-corrected chi connectivity index (χ3v) is 4.99. The molecule has 1 unspecified atom stereocenters. The van der Waals surface area contributed by atoms with Gasteiger partial charge in [0.25, 0.3) is 5.91 Å². The number of carbonyl (C=O) groups excluding carboxylic acids is 2. The van der Waals surface area contributed by atoms with Gasteiger partial charge in [-0.25, -0.2) is 14.2 Å². The average Bonchev–Trinajstić information content (AvgIpc) is 2.73. The van der Waals surface area contributed by atoms with Gasteiger partial charge in [0.15, 0.2) is 0 Å². The normalized spacial score (nSPS) is 11.8. The van der Waals surface area contributed by atoms with Gasteiger partial charge in [-0.1, -0.05) is 35.9 Å². The van der Waals surface area contributed by atoms with Crippen LogP contribution in [0, 0.1) is 5.82 Å². The number of hydrogen-bond donors (Lipinski definition) is 2. The van der Waals surface area contributed by atoms with Crippen LogP contribution < -0.4 is 10.6 Å². The van der Waals surface area contributed by atoms with Crippen LogP contribution in [0.2, 0.25) is 5.02 Å². The zero-order valence-corrected chi connectivity index (χ0v) is 16.9. The zero-order valence-electron chi connectivity index (χ0n) is 16.2. The number of fused-ring (bicyclic) bond motifs is 1. The van der Waals surface area contributed by atoms with Crippen molar-refractivity contribution in [3.05, 3.63) is 70.8 Å². The highest BCUT2D eigenvalue weighted by Crippen LogP contribution is 2.25. The minimum atomic E-state index is -0.562. The van der Waals surface area contributed by atoms with E-state index in [0.717, 1.165) is 10.8 Å². The van der Waals surface area contributed by atoms with Crippen molar-refractivity contribution in [2.75, 3.05) is 19.4 Å². The molecule has 0 fully saturated rings. The number of pyridine rings is 1. The zero-order chi connectivity index (χ0) is 21.1. The first-order valence-electron chi connectivity index (χ1n) is 8.92. The molecule has 0 saturated carbocycles. The predicted octanol–water partition coefficient (Wildman–Crippen LogP) is 4.61. The summed E-state index contributed by atoms with van der Waals surface area (Å²) in [5.74, 6) is -0.864. The van der Waals surface area contributed by atoms with Crippen molar-refractivity contribution < 1.29 is 14.0 Å². The van der Waals surface area contributed by atoms with Crippen LogP contribution >= 0.6 is 11.6 Å². The van der Waals surface area contributed by atoms with Gasteiger partial charge in [0, 0.05) is 25.2 Å². The number of anilines is 1. The molecule has 0 saturated heterocycles. The van der Waals surface area contributed by atoms with Gasteiger partial charge in [0.2, 0.25) is 0 Å². The summed E-state index contributed by atoms with van der Waals surface area (Å²) in [7, 11) is 3.16. The van der Waals surface area contributed by atoms with Crippen LogP contribution in [0.1, 0.15) is 29.1 Å². The molecule has 2 aromatic carbocycles. The summed E-state index contributed by atoms with van der Waals surface area (Å²) in [6, 6.07) is 12.4. The molecule has 0 spiro atoms. The van der Waals surface area contributed by atoms with Gasteiger partial charge >= 0.3 is 6.03 Å². The third kappa shape index (κ3) is 4.30. The average molecular weight is 415 g/mol. The number of rotatable bonds is 4. The predicted molar refractivity (Wildman–Crippen MR) is 112 cm³/mol.